The van der Waals surface area contributed by atoms with Crippen molar-refractivity contribution in [2.75, 3.05) is 14.1 Å². The number of amides is 1. The number of hydrogen-bond donors (Lipinski definition) is 2. The average Bonchev–Trinajstić information content (AvgIpc) is 3.03. The van der Waals surface area contributed by atoms with Crippen molar-refractivity contribution in [2.24, 2.45) is 0 Å². The maximum atomic E-state index is 12.9. The van der Waals surface area contributed by atoms with Gasteiger partial charge in [0.1, 0.15) is 0 Å². The van der Waals surface area contributed by atoms with Crippen LogP contribution in [0.3, 0.4) is 0 Å². The van der Waals surface area contributed by atoms with Crippen LogP contribution in [0.4, 0.5) is 0 Å². The zero-order valence-corrected chi connectivity index (χ0v) is 16.7. The van der Waals surface area contributed by atoms with E-state index < -0.39 is 6.10 Å². The summed E-state index contributed by atoms with van der Waals surface area (Å²) in [7, 11) is 4.05. The van der Waals surface area contributed by atoms with E-state index in [4.69, 9.17) is 0 Å². The number of aliphatic hydroxyl groups is 1. The lowest BCUT2D eigenvalue weighted by atomic mass is 10.0. The van der Waals surface area contributed by atoms with Crippen molar-refractivity contribution >= 4 is 5.91 Å². The fourth-order valence-electron chi connectivity index (χ4n) is 3.85. The van der Waals surface area contributed by atoms with Crippen LogP contribution in [-0.4, -0.2) is 41.1 Å². The lowest BCUT2D eigenvalue weighted by Gasteiger charge is -2.18. The van der Waals surface area contributed by atoms with Gasteiger partial charge in [-0.05, 0) is 49.0 Å². The monoisotopic (exact) mass is 387 g/mol. The van der Waals surface area contributed by atoms with E-state index in [1.165, 1.54) is 0 Å². The van der Waals surface area contributed by atoms with Gasteiger partial charge in [0.15, 0.2) is 0 Å². The van der Waals surface area contributed by atoms with Crippen LogP contribution in [0.2, 0.25) is 0 Å². The highest BCUT2D eigenvalue weighted by molar-refractivity contribution is 5.95. The third-order valence-corrected chi connectivity index (χ3v) is 5.23. The van der Waals surface area contributed by atoms with Crippen molar-refractivity contribution < 1.29 is 9.90 Å². The van der Waals surface area contributed by atoms with E-state index in [1.807, 2.05) is 68.8 Å². The van der Waals surface area contributed by atoms with Gasteiger partial charge in [0.25, 0.3) is 5.91 Å². The molecule has 2 N–H and O–H groups in total. The van der Waals surface area contributed by atoms with Gasteiger partial charge in [0.2, 0.25) is 0 Å². The van der Waals surface area contributed by atoms with Gasteiger partial charge in [-0.15, -0.1) is 0 Å². The van der Waals surface area contributed by atoms with E-state index in [2.05, 4.69) is 21.3 Å². The predicted octanol–water partition coefficient (Wildman–Crippen LogP) is 3.20. The van der Waals surface area contributed by atoms with E-state index in [0.29, 0.717) is 12.0 Å². The van der Waals surface area contributed by atoms with Crippen molar-refractivity contribution in [3.63, 3.8) is 0 Å². The summed E-state index contributed by atoms with van der Waals surface area (Å²) in [6, 6.07) is 18.9. The van der Waals surface area contributed by atoms with Crippen LogP contribution < -0.4 is 5.32 Å². The molecule has 1 aliphatic carbocycles. The molecule has 29 heavy (non-hydrogen) atoms. The first-order valence-electron chi connectivity index (χ1n) is 9.78. The van der Waals surface area contributed by atoms with Gasteiger partial charge < -0.3 is 15.3 Å². The maximum absolute atomic E-state index is 12.9. The summed E-state index contributed by atoms with van der Waals surface area (Å²) >= 11 is 0. The molecule has 1 heterocycles. The molecule has 2 aromatic carbocycles. The predicted molar refractivity (Wildman–Crippen MR) is 113 cm³/mol. The molecule has 5 heteroatoms. The van der Waals surface area contributed by atoms with Gasteiger partial charge >= 0.3 is 0 Å². The third-order valence-electron chi connectivity index (χ3n) is 5.23. The molecule has 4 rings (SSSR count). The fraction of sp³-hybridized carbons (Fsp3) is 0.250. The van der Waals surface area contributed by atoms with Crippen molar-refractivity contribution in [2.45, 2.75) is 25.1 Å². The molecule has 1 aliphatic rings. The van der Waals surface area contributed by atoms with Crippen LogP contribution >= 0.6 is 0 Å². The highest BCUT2D eigenvalue weighted by Crippen LogP contribution is 2.31. The Morgan fingerprint density at radius 1 is 1.14 bits per heavy atom. The van der Waals surface area contributed by atoms with Crippen molar-refractivity contribution in [3.8, 4) is 11.3 Å². The van der Waals surface area contributed by atoms with Gasteiger partial charge in [0.05, 0.1) is 17.8 Å². The number of aliphatic hydroxyl groups excluding tert-OH is 1. The first kappa shape index (κ1) is 19.3. The molecule has 148 valence electrons. The van der Waals surface area contributed by atoms with Gasteiger partial charge in [-0.3, -0.25) is 9.78 Å². The first-order valence-corrected chi connectivity index (χ1v) is 9.78. The number of rotatable bonds is 5. The minimum absolute atomic E-state index is 0.197. The van der Waals surface area contributed by atoms with E-state index in [9.17, 15) is 9.90 Å². The van der Waals surface area contributed by atoms with Crippen LogP contribution in [0.5, 0.6) is 0 Å². The highest BCUT2D eigenvalue weighted by Gasteiger charge is 2.32. The number of aromatic nitrogens is 1. The normalized spacial score (nSPS) is 17.9. The molecule has 1 amide bonds. The Labute approximate surface area is 171 Å². The topological polar surface area (TPSA) is 65.5 Å². The molecule has 0 saturated heterocycles. The number of hydrogen-bond acceptors (Lipinski definition) is 4. The van der Waals surface area contributed by atoms with Crippen LogP contribution in [-0.2, 0) is 13.0 Å². The van der Waals surface area contributed by atoms with Crippen LogP contribution in [0.25, 0.3) is 11.3 Å². The molecule has 2 atom stereocenters. The summed E-state index contributed by atoms with van der Waals surface area (Å²) < 4.78 is 0. The quantitative estimate of drug-likeness (QED) is 0.706. The molecule has 0 bridgehead atoms. The van der Waals surface area contributed by atoms with E-state index in [-0.39, 0.29) is 11.9 Å². The smallest absolute Gasteiger partial charge is 0.251 e. The number of carbonyl (C=O) groups excluding carboxylic acids is 1. The van der Waals surface area contributed by atoms with E-state index in [0.717, 1.165) is 34.5 Å². The van der Waals surface area contributed by atoms with Crippen molar-refractivity contribution in [3.05, 3.63) is 89.1 Å². The Balaban J connectivity index is 1.52. The number of nitrogens with zero attached hydrogens (tertiary/aromatic N) is 2. The number of carbonyl (C=O) groups is 1. The molecule has 2 unspecified atom stereocenters. The zero-order valence-electron chi connectivity index (χ0n) is 16.7. The first-order chi connectivity index (χ1) is 14.0. The second-order valence-corrected chi connectivity index (χ2v) is 7.79. The number of nitrogens with one attached hydrogen (secondary N) is 1. The van der Waals surface area contributed by atoms with E-state index >= 15 is 0 Å². The Morgan fingerprint density at radius 3 is 2.72 bits per heavy atom. The zero-order chi connectivity index (χ0) is 20.4. The van der Waals surface area contributed by atoms with Gasteiger partial charge in [-0.2, -0.15) is 0 Å². The number of fused-ring (bicyclic) bond motifs is 1. The minimum atomic E-state index is -0.606. The molecule has 1 aromatic heterocycles. The van der Waals surface area contributed by atoms with Gasteiger partial charge in [-0.25, -0.2) is 0 Å². The van der Waals surface area contributed by atoms with E-state index in [1.54, 1.807) is 6.07 Å². The van der Waals surface area contributed by atoms with Crippen LogP contribution in [0, 0.1) is 0 Å². The molecule has 3 aromatic rings. The Kier molecular flexibility index (Phi) is 5.43. The number of benzene rings is 2. The Morgan fingerprint density at radius 2 is 1.97 bits per heavy atom. The summed E-state index contributed by atoms with van der Waals surface area (Å²) in [5.41, 5.74) is 5.48. The third kappa shape index (κ3) is 4.21. The largest absolute Gasteiger partial charge is 0.390 e. The lowest BCUT2D eigenvalue weighted by Crippen LogP contribution is -2.33. The Hall–Kier alpha value is -3.02. The van der Waals surface area contributed by atoms with Crippen LogP contribution in [0.15, 0.2) is 66.9 Å². The average molecular weight is 387 g/mol. The summed E-state index contributed by atoms with van der Waals surface area (Å²) in [5, 5.41) is 13.4. The summed E-state index contributed by atoms with van der Waals surface area (Å²) in [6.45, 7) is 0.834. The molecule has 0 fully saturated rings. The molecule has 0 saturated carbocycles. The summed E-state index contributed by atoms with van der Waals surface area (Å²) in [4.78, 5) is 19.5. The standard InChI is InChI=1S/C24H25N3O2/c1-27(2)15-16-10-11-21(25-14-16)18-7-5-8-19(12-18)24(29)26-23-20-9-4-3-6-17(20)13-22(23)28/h3-12,14,22-23,28H,13,15H2,1-2H3,(H,26,29). The molecule has 0 radical (unpaired) electrons. The second-order valence-electron chi connectivity index (χ2n) is 7.79. The lowest BCUT2D eigenvalue weighted by molar-refractivity contribution is 0.0858. The molecule has 0 spiro atoms. The number of pyridine rings is 1. The molecular formula is C24H25N3O2. The minimum Gasteiger partial charge on any atom is -0.390 e. The summed E-state index contributed by atoms with van der Waals surface area (Å²) in [5.74, 6) is -0.197. The van der Waals surface area contributed by atoms with Crippen LogP contribution in [0.1, 0.15) is 33.1 Å². The second kappa shape index (κ2) is 8.15. The summed E-state index contributed by atoms with van der Waals surface area (Å²) in [6.07, 6.45) is 1.82. The highest BCUT2D eigenvalue weighted by atomic mass is 16.3. The fourth-order valence-corrected chi connectivity index (χ4v) is 3.85. The maximum Gasteiger partial charge on any atom is 0.251 e. The molecule has 5 nitrogen and oxygen atoms in total. The van der Waals surface area contributed by atoms with Gasteiger partial charge in [0, 0.05) is 30.3 Å². The van der Waals surface area contributed by atoms with Crippen molar-refractivity contribution in [1.82, 2.24) is 15.2 Å². The van der Waals surface area contributed by atoms with Gasteiger partial charge in [-0.1, -0.05) is 42.5 Å². The Bertz CT molecular complexity index is 1010. The molecular weight excluding hydrogens is 362 g/mol. The van der Waals surface area contributed by atoms with Crippen molar-refractivity contribution in [1.29, 1.82) is 0 Å². The SMILES string of the molecule is CN(C)Cc1ccc(-c2cccc(C(=O)NC3c4ccccc4CC3O)c2)nc1. The molecule has 0 aliphatic heterocycles.